The molecule has 2 atom stereocenters. The summed E-state index contributed by atoms with van der Waals surface area (Å²) < 4.78 is 11.9. The standard InChI is InChI=1S/C29H31N5O4/c1-18-13-27(38-21-8-4-3-5-9-21)34-29(33-18)32-16-24-19(2)30-17-25(24)26-12-11-23(15-31-26)37-22-10-6-7-20(14-22)28(35)36/h3-5,8-9,11-13,15,20,22H,6-7,10,14,16-17H2,1-2H3,(H,35,36)(H,32,33,34)/t20-,22-/m0/s1. The molecule has 2 aromatic heterocycles. The van der Waals surface area contributed by atoms with Crippen LogP contribution in [-0.2, 0) is 4.79 Å². The molecule has 1 aliphatic heterocycles. The molecule has 2 N–H and O–H groups in total. The van der Waals surface area contributed by atoms with Crippen LogP contribution >= 0.6 is 0 Å². The Morgan fingerprint density at radius 1 is 1.08 bits per heavy atom. The second-order valence-electron chi connectivity index (χ2n) is 9.62. The number of anilines is 1. The highest BCUT2D eigenvalue weighted by atomic mass is 16.5. The van der Waals surface area contributed by atoms with E-state index in [1.54, 1.807) is 12.3 Å². The molecule has 3 aromatic rings. The number of carboxylic acids is 1. The summed E-state index contributed by atoms with van der Waals surface area (Å²) in [6, 6.07) is 15.2. The fourth-order valence-electron chi connectivity index (χ4n) is 4.82. The molecule has 0 bridgehead atoms. The minimum atomic E-state index is -0.743. The van der Waals surface area contributed by atoms with Crippen molar-refractivity contribution < 1.29 is 19.4 Å². The number of aryl methyl sites for hydroxylation is 1. The lowest BCUT2D eigenvalue weighted by Gasteiger charge is -2.27. The van der Waals surface area contributed by atoms with Gasteiger partial charge in [0.05, 0.1) is 30.5 Å². The van der Waals surface area contributed by atoms with Gasteiger partial charge >= 0.3 is 5.97 Å². The van der Waals surface area contributed by atoms with Crippen LogP contribution in [0.2, 0.25) is 0 Å². The zero-order chi connectivity index (χ0) is 26.5. The molecule has 1 aromatic carbocycles. The monoisotopic (exact) mass is 513 g/mol. The first-order valence-electron chi connectivity index (χ1n) is 12.9. The van der Waals surface area contributed by atoms with Gasteiger partial charge in [0.25, 0.3) is 0 Å². The fourth-order valence-corrected chi connectivity index (χ4v) is 4.82. The van der Waals surface area contributed by atoms with Gasteiger partial charge in [0.2, 0.25) is 11.8 Å². The van der Waals surface area contributed by atoms with Crippen LogP contribution < -0.4 is 14.8 Å². The summed E-state index contributed by atoms with van der Waals surface area (Å²) in [5, 5.41) is 12.6. The van der Waals surface area contributed by atoms with E-state index in [9.17, 15) is 9.90 Å². The third-order valence-corrected chi connectivity index (χ3v) is 6.82. The Kier molecular flexibility index (Phi) is 7.62. The van der Waals surface area contributed by atoms with Crippen LogP contribution in [0.3, 0.4) is 0 Å². The van der Waals surface area contributed by atoms with Crippen molar-refractivity contribution in [2.75, 3.05) is 18.4 Å². The number of nitrogens with one attached hydrogen (secondary N) is 1. The van der Waals surface area contributed by atoms with Crippen LogP contribution in [0, 0.1) is 12.8 Å². The Hall–Kier alpha value is -4.27. The molecule has 196 valence electrons. The van der Waals surface area contributed by atoms with Gasteiger partial charge < -0.3 is 19.9 Å². The zero-order valence-electron chi connectivity index (χ0n) is 21.6. The van der Waals surface area contributed by atoms with Crippen LogP contribution in [0.1, 0.15) is 44.0 Å². The second kappa shape index (κ2) is 11.4. The summed E-state index contributed by atoms with van der Waals surface area (Å²) in [6.45, 7) is 4.94. The molecule has 1 saturated carbocycles. The molecule has 2 aliphatic rings. The van der Waals surface area contributed by atoms with Gasteiger partial charge in [-0.25, -0.2) is 4.98 Å². The van der Waals surface area contributed by atoms with Crippen LogP contribution in [-0.4, -0.2) is 50.9 Å². The van der Waals surface area contributed by atoms with E-state index >= 15 is 0 Å². The third-order valence-electron chi connectivity index (χ3n) is 6.82. The molecule has 0 amide bonds. The smallest absolute Gasteiger partial charge is 0.306 e. The number of carboxylic acid groups (broad SMARTS) is 1. The summed E-state index contributed by atoms with van der Waals surface area (Å²) >= 11 is 0. The summed E-state index contributed by atoms with van der Waals surface area (Å²) in [5.41, 5.74) is 4.67. The summed E-state index contributed by atoms with van der Waals surface area (Å²) in [5.74, 6) is 1.24. The Bertz CT molecular complexity index is 1360. The average Bonchev–Trinajstić information content (AvgIpc) is 3.28. The minimum Gasteiger partial charge on any atom is -0.489 e. The van der Waals surface area contributed by atoms with Crippen LogP contribution in [0.5, 0.6) is 17.4 Å². The highest BCUT2D eigenvalue weighted by molar-refractivity contribution is 6.08. The van der Waals surface area contributed by atoms with Crippen molar-refractivity contribution in [3.05, 3.63) is 71.7 Å². The van der Waals surface area contributed by atoms with Gasteiger partial charge in [-0.3, -0.25) is 14.8 Å². The van der Waals surface area contributed by atoms with E-state index in [2.05, 4.69) is 25.3 Å². The Morgan fingerprint density at radius 2 is 1.92 bits per heavy atom. The normalized spacial score (nSPS) is 19.2. The number of aromatic nitrogens is 3. The summed E-state index contributed by atoms with van der Waals surface area (Å²) in [4.78, 5) is 29.7. The van der Waals surface area contributed by atoms with Gasteiger partial charge in [0.15, 0.2) is 0 Å². The van der Waals surface area contributed by atoms with Crippen LogP contribution in [0.4, 0.5) is 5.95 Å². The summed E-state index contributed by atoms with van der Waals surface area (Å²) in [7, 11) is 0. The lowest BCUT2D eigenvalue weighted by atomic mass is 9.87. The van der Waals surface area contributed by atoms with Gasteiger partial charge in [0.1, 0.15) is 11.5 Å². The maximum absolute atomic E-state index is 11.3. The molecule has 38 heavy (non-hydrogen) atoms. The highest BCUT2D eigenvalue weighted by Gasteiger charge is 2.28. The largest absolute Gasteiger partial charge is 0.489 e. The first-order chi connectivity index (χ1) is 18.4. The van der Waals surface area contributed by atoms with Crippen molar-refractivity contribution >= 4 is 23.2 Å². The van der Waals surface area contributed by atoms with Crippen molar-refractivity contribution in [1.29, 1.82) is 0 Å². The lowest BCUT2D eigenvalue weighted by molar-refractivity contribution is -0.143. The van der Waals surface area contributed by atoms with Gasteiger partial charge in [-0.15, -0.1) is 0 Å². The number of hydrogen-bond acceptors (Lipinski definition) is 8. The predicted molar refractivity (Wildman–Crippen MR) is 145 cm³/mol. The molecule has 0 spiro atoms. The first kappa shape index (κ1) is 25.4. The van der Waals surface area contributed by atoms with Crippen molar-refractivity contribution in [2.24, 2.45) is 10.9 Å². The van der Waals surface area contributed by atoms with Crippen molar-refractivity contribution in [3.8, 4) is 17.4 Å². The number of rotatable bonds is 9. The van der Waals surface area contributed by atoms with Crippen molar-refractivity contribution in [1.82, 2.24) is 15.0 Å². The van der Waals surface area contributed by atoms with E-state index in [1.807, 2.05) is 56.3 Å². The molecular weight excluding hydrogens is 482 g/mol. The first-order valence-corrected chi connectivity index (χ1v) is 12.9. The number of nitrogens with zero attached hydrogens (tertiary/aromatic N) is 4. The maximum atomic E-state index is 11.3. The van der Waals surface area contributed by atoms with E-state index in [1.165, 1.54) is 0 Å². The third kappa shape index (κ3) is 6.16. The molecular formula is C29H31N5O4. The molecule has 0 saturated heterocycles. The Labute approximate surface area is 221 Å². The quantitative estimate of drug-likeness (QED) is 0.394. The van der Waals surface area contributed by atoms with Crippen molar-refractivity contribution in [3.63, 3.8) is 0 Å². The van der Waals surface area contributed by atoms with E-state index in [0.29, 0.717) is 49.3 Å². The molecule has 3 heterocycles. The van der Waals surface area contributed by atoms with Crippen LogP contribution in [0.15, 0.2) is 65.3 Å². The Balaban J connectivity index is 1.26. The van der Waals surface area contributed by atoms with Crippen LogP contribution in [0.25, 0.3) is 5.57 Å². The number of aliphatic imine (C=N–C) groups is 1. The van der Waals surface area contributed by atoms with E-state index in [-0.39, 0.29) is 12.0 Å². The fraction of sp³-hybridized carbons (Fsp3) is 0.345. The number of hydrogen-bond donors (Lipinski definition) is 2. The van der Waals surface area contributed by atoms with E-state index in [0.717, 1.165) is 41.1 Å². The van der Waals surface area contributed by atoms with Crippen molar-refractivity contribution in [2.45, 2.75) is 45.6 Å². The lowest BCUT2D eigenvalue weighted by Crippen LogP contribution is -2.29. The molecule has 1 aliphatic carbocycles. The number of pyridine rings is 1. The van der Waals surface area contributed by atoms with E-state index < -0.39 is 5.97 Å². The van der Waals surface area contributed by atoms with E-state index in [4.69, 9.17) is 9.47 Å². The SMILES string of the molecule is CC1=NCC(c2ccc(O[C@H]3CCC[C@H](C(=O)O)C3)cn2)=C1CNc1nc(C)cc(Oc2ccccc2)n1. The van der Waals surface area contributed by atoms with Gasteiger partial charge in [0, 0.05) is 29.6 Å². The molecule has 9 heteroatoms. The molecule has 0 radical (unpaired) electrons. The number of ether oxygens (including phenoxy) is 2. The maximum Gasteiger partial charge on any atom is 0.306 e. The molecule has 9 nitrogen and oxygen atoms in total. The number of aliphatic carboxylic acids is 1. The minimum absolute atomic E-state index is 0.0985. The van der Waals surface area contributed by atoms with Gasteiger partial charge in [-0.05, 0) is 69.4 Å². The molecule has 1 fully saturated rings. The predicted octanol–water partition coefficient (Wildman–Crippen LogP) is 5.33. The molecule has 0 unspecified atom stereocenters. The average molecular weight is 514 g/mol. The highest BCUT2D eigenvalue weighted by Crippen LogP contribution is 2.30. The second-order valence-corrected chi connectivity index (χ2v) is 9.62. The number of para-hydroxylation sites is 1. The van der Waals surface area contributed by atoms with Gasteiger partial charge in [-0.1, -0.05) is 18.2 Å². The van der Waals surface area contributed by atoms with Gasteiger partial charge in [-0.2, -0.15) is 4.98 Å². The number of carbonyl (C=O) groups is 1. The number of benzene rings is 1. The summed E-state index contributed by atoms with van der Waals surface area (Å²) in [6.07, 6.45) is 4.58. The molecule has 5 rings (SSSR count). The topological polar surface area (TPSA) is 119 Å². The Morgan fingerprint density at radius 3 is 2.68 bits per heavy atom. The zero-order valence-corrected chi connectivity index (χ0v) is 21.6.